The van der Waals surface area contributed by atoms with Crippen LogP contribution in [0.5, 0.6) is 0 Å². The van der Waals surface area contributed by atoms with Gasteiger partial charge >= 0.3 is 0 Å². The molecule has 1 amide bonds. The number of anilines is 1. The van der Waals surface area contributed by atoms with Crippen molar-refractivity contribution in [2.24, 2.45) is 11.7 Å². The van der Waals surface area contributed by atoms with Crippen LogP contribution in [0.3, 0.4) is 0 Å². The topological polar surface area (TPSA) is 101 Å². The summed E-state index contributed by atoms with van der Waals surface area (Å²) in [5.74, 6) is -0.510. The van der Waals surface area contributed by atoms with E-state index in [1.54, 1.807) is 26.0 Å². The second kappa shape index (κ2) is 7.53. The van der Waals surface area contributed by atoms with Gasteiger partial charge in [-0.3, -0.25) is 4.79 Å². The third kappa shape index (κ3) is 5.11. The molecular formula is C14H23N3O3S. The van der Waals surface area contributed by atoms with E-state index < -0.39 is 10.0 Å². The molecule has 0 bridgehead atoms. The number of rotatable bonds is 7. The van der Waals surface area contributed by atoms with Gasteiger partial charge in [0.25, 0.3) is 0 Å². The highest BCUT2D eigenvalue weighted by Crippen LogP contribution is 2.15. The molecule has 0 radical (unpaired) electrons. The van der Waals surface area contributed by atoms with Crippen LogP contribution in [0, 0.1) is 5.92 Å². The van der Waals surface area contributed by atoms with Gasteiger partial charge in [-0.25, -0.2) is 13.1 Å². The van der Waals surface area contributed by atoms with Crippen molar-refractivity contribution in [1.82, 2.24) is 4.72 Å². The lowest BCUT2D eigenvalue weighted by molar-refractivity contribution is -0.119. The standard InChI is InChI=1S/C14H23N3O3S/c1-4-9-16-21(19,20)13-7-5-12(6-8-13)17-14(18)10(2)11(3)15/h5-8,10-11,16H,4,9,15H2,1-3H3,(H,17,18). The average Bonchev–Trinajstić information content (AvgIpc) is 2.44. The third-order valence-corrected chi connectivity index (χ3v) is 4.65. The minimum atomic E-state index is -3.48. The Bertz CT molecular complexity index is 568. The Morgan fingerprint density at radius 3 is 2.29 bits per heavy atom. The van der Waals surface area contributed by atoms with E-state index in [2.05, 4.69) is 10.0 Å². The maximum Gasteiger partial charge on any atom is 0.240 e. The van der Waals surface area contributed by atoms with Gasteiger partial charge in [-0.1, -0.05) is 13.8 Å². The predicted molar refractivity (Wildman–Crippen MR) is 83.4 cm³/mol. The van der Waals surface area contributed by atoms with Gasteiger partial charge < -0.3 is 11.1 Å². The lowest BCUT2D eigenvalue weighted by atomic mass is 10.0. The zero-order chi connectivity index (χ0) is 16.0. The second-order valence-corrected chi connectivity index (χ2v) is 6.83. The maximum atomic E-state index is 11.9. The fourth-order valence-corrected chi connectivity index (χ4v) is 2.67. The predicted octanol–water partition coefficient (Wildman–Crippen LogP) is 1.30. The Morgan fingerprint density at radius 2 is 1.81 bits per heavy atom. The van der Waals surface area contributed by atoms with E-state index in [1.165, 1.54) is 12.1 Å². The number of carbonyl (C=O) groups excluding carboxylic acids is 1. The number of amides is 1. The number of benzene rings is 1. The van der Waals surface area contributed by atoms with Crippen molar-refractivity contribution in [1.29, 1.82) is 0 Å². The van der Waals surface area contributed by atoms with Crippen molar-refractivity contribution in [2.75, 3.05) is 11.9 Å². The number of hydrogen-bond acceptors (Lipinski definition) is 4. The molecule has 0 aromatic heterocycles. The van der Waals surface area contributed by atoms with Crippen LogP contribution in [-0.4, -0.2) is 26.9 Å². The van der Waals surface area contributed by atoms with Crippen molar-refractivity contribution < 1.29 is 13.2 Å². The molecule has 6 nitrogen and oxygen atoms in total. The van der Waals surface area contributed by atoms with E-state index in [9.17, 15) is 13.2 Å². The van der Waals surface area contributed by atoms with Gasteiger partial charge in [-0.2, -0.15) is 0 Å². The first-order valence-corrected chi connectivity index (χ1v) is 8.42. The molecule has 0 saturated heterocycles. The summed E-state index contributed by atoms with van der Waals surface area (Å²) in [4.78, 5) is 12.0. The first kappa shape index (κ1) is 17.6. The van der Waals surface area contributed by atoms with Crippen molar-refractivity contribution in [2.45, 2.75) is 38.1 Å². The monoisotopic (exact) mass is 313 g/mol. The summed E-state index contributed by atoms with van der Waals surface area (Å²) in [6.45, 7) is 5.79. The lowest BCUT2D eigenvalue weighted by Crippen LogP contribution is -2.34. The zero-order valence-corrected chi connectivity index (χ0v) is 13.4. The molecule has 1 rings (SSSR count). The van der Waals surface area contributed by atoms with Gasteiger partial charge in [0.05, 0.1) is 10.8 Å². The molecule has 118 valence electrons. The van der Waals surface area contributed by atoms with E-state index in [1.807, 2.05) is 6.92 Å². The van der Waals surface area contributed by atoms with Crippen LogP contribution in [0.4, 0.5) is 5.69 Å². The Morgan fingerprint density at radius 1 is 1.24 bits per heavy atom. The maximum absolute atomic E-state index is 11.9. The smallest absolute Gasteiger partial charge is 0.240 e. The Labute approximate surface area is 126 Å². The minimum absolute atomic E-state index is 0.175. The Kier molecular flexibility index (Phi) is 6.32. The minimum Gasteiger partial charge on any atom is -0.327 e. The number of sulfonamides is 1. The van der Waals surface area contributed by atoms with E-state index in [4.69, 9.17) is 5.73 Å². The van der Waals surface area contributed by atoms with Crippen LogP contribution < -0.4 is 15.8 Å². The number of nitrogens with two attached hydrogens (primary N) is 1. The molecule has 0 aliphatic carbocycles. The quantitative estimate of drug-likeness (QED) is 0.706. The number of carbonyl (C=O) groups is 1. The van der Waals surface area contributed by atoms with E-state index in [0.29, 0.717) is 12.2 Å². The molecule has 0 aliphatic rings. The average molecular weight is 313 g/mol. The van der Waals surface area contributed by atoms with Gasteiger partial charge in [0.2, 0.25) is 15.9 Å². The normalized spacial score (nSPS) is 14.5. The fraction of sp³-hybridized carbons (Fsp3) is 0.500. The first-order chi connectivity index (χ1) is 9.77. The van der Waals surface area contributed by atoms with Crippen molar-refractivity contribution in [3.05, 3.63) is 24.3 Å². The van der Waals surface area contributed by atoms with E-state index >= 15 is 0 Å². The number of hydrogen-bond donors (Lipinski definition) is 3. The highest BCUT2D eigenvalue weighted by molar-refractivity contribution is 7.89. The molecule has 0 saturated carbocycles. The summed E-state index contributed by atoms with van der Waals surface area (Å²) < 4.78 is 26.3. The Hall–Kier alpha value is -1.44. The molecule has 2 unspecified atom stereocenters. The van der Waals surface area contributed by atoms with Gasteiger partial charge in [0.15, 0.2) is 0 Å². The van der Waals surface area contributed by atoms with Crippen LogP contribution >= 0.6 is 0 Å². The van der Waals surface area contributed by atoms with Crippen molar-refractivity contribution >= 4 is 21.6 Å². The Balaban J connectivity index is 2.77. The summed E-state index contributed by atoms with van der Waals surface area (Å²) in [6.07, 6.45) is 0.725. The van der Waals surface area contributed by atoms with Crippen LogP contribution in [0.2, 0.25) is 0 Å². The largest absolute Gasteiger partial charge is 0.327 e. The molecule has 1 aromatic carbocycles. The molecule has 0 spiro atoms. The van der Waals surface area contributed by atoms with Crippen LogP contribution in [0.15, 0.2) is 29.2 Å². The van der Waals surface area contributed by atoms with Crippen molar-refractivity contribution in [3.8, 4) is 0 Å². The molecule has 0 aliphatic heterocycles. The molecule has 2 atom stereocenters. The van der Waals surface area contributed by atoms with E-state index in [-0.39, 0.29) is 22.8 Å². The highest BCUT2D eigenvalue weighted by Gasteiger charge is 2.17. The summed E-state index contributed by atoms with van der Waals surface area (Å²) in [7, 11) is -3.48. The molecule has 0 fully saturated rings. The second-order valence-electron chi connectivity index (χ2n) is 5.06. The zero-order valence-electron chi connectivity index (χ0n) is 12.6. The van der Waals surface area contributed by atoms with Crippen LogP contribution in [-0.2, 0) is 14.8 Å². The summed E-state index contributed by atoms with van der Waals surface area (Å²) in [5.41, 5.74) is 6.21. The number of nitrogens with one attached hydrogen (secondary N) is 2. The summed E-state index contributed by atoms with van der Waals surface area (Å²) in [6, 6.07) is 5.80. The summed E-state index contributed by atoms with van der Waals surface area (Å²) >= 11 is 0. The lowest BCUT2D eigenvalue weighted by Gasteiger charge is -2.15. The third-order valence-electron chi connectivity index (χ3n) is 3.18. The molecule has 1 aromatic rings. The van der Waals surface area contributed by atoms with Gasteiger partial charge in [0, 0.05) is 18.3 Å². The van der Waals surface area contributed by atoms with Gasteiger partial charge in [0.1, 0.15) is 0 Å². The SMILES string of the molecule is CCCNS(=O)(=O)c1ccc(NC(=O)C(C)C(C)N)cc1. The van der Waals surface area contributed by atoms with E-state index in [0.717, 1.165) is 6.42 Å². The molecule has 0 heterocycles. The molecule has 21 heavy (non-hydrogen) atoms. The van der Waals surface area contributed by atoms with Crippen LogP contribution in [0.1, 0.15) is 27.2 Å². The highest BCUT2D eigenvalue weighted by atomic mass is 32.2. The summed E-state index contributed by atoms with van der Waals surface area (Å²) in [5, 5.41) is 2.71. The molecule has 4 N–H and O–H groups in total. The van der Waals surface area contributed by atoms with Gasteiger partial charge in [-0.15, -0.1) is 0 Å². The van der Waals surface area contributed by atoms with Crippen LogP contribution in [0.25, 0.3) is 0 Å². The van der Waals surface area contributed by atoms with Crippen molar-refractivity contribution in [3.63, 3.8) is 0 Å². The molecular weight excluding hydrogens is 290 g/mol. The fourth-order valence-electron chi connectivity index (χ4n) is 1.53. The van der Waals surface area contributed by atoms with Gasteiger partial charge in [-0.05, 0) is 37.6 Å². The molecule has 7 heteroatoms. The first-order valence-electron chi connectivity index (χ1n) is 6.94.